The fraction of sp³-hybridized carbons (Fsp3) is 0.194. The second-order valence-corrected chi connectivity index (χ2v) is 10.5. The number of ether oxygens (including phenoxy) is 1. The maximum atomic E-state index is 14.1. The molecule has 0 radical (unpaired) electrons. The van der Waals surface area contributed by atoms with Crippen LogP contribution in [0.3, 0.4) is 0 Å². The van der Waals surface area contributed by atoms with E-state index in [-0.39, 0.29) is 17.2 Å². The van der Waals surface area contributed by atoms with E-state index in [1.54, 1.807) is 18.2 Å². The van der Waals surface area contributed by atoms with Crippen LogP contribution in [0.25, 0.3) is 0 Å². The monoisotopic (exact) mass is 539 g/mol. The van der Waals surface area contributed by atoms with Gasteiger partial charge >= 0.3 is 0 Å². The van der Waals surface area contributed by atoms with Gasteiger partial charge in [0, 0.05) is 29.4 Å². The topological polar surface area (TPSA) is 84.1 Å². The smallest absolute Gasteiger partial charge is 0.257 e. The van der Waals surface area contributed by atoms with Crippen molar-refractivity contribution in [1.29, 1.82) is 0 Å². The molecule has 8 heteroatoms. The molecule has 2 heterocycles. The lowest BCUT2D eigenvalue weighted by Gasteiger charge is -2.32. The number of thioether (sulfide) groups is 1. The summed E-state index contributed by atoms with van der Waals surface area (Å²) in [6.07, 6.45) is 1.91. The molecule has 196 valence electrons. The fourth-order valence-electron chi connectivity index (χ4n) is 5.10. The Bertz CT molecular complexity index is 1620. The van der Waals surface area contributed by atoms with Crippen molar-refractivity contribution in [1.82, 2.24) is 9.97 Å². The van der Waals surface area contributed by atoms with E-state index >= 15 is 0 Å². The van der Waals surface area contributed by atoms with Crippen LogP contribution in [-0.4, -0.2) is 15.8 Å². The first kappa shape index (κ1) is 25.1. The first-order chi connectivity index (χ1) is 19.1. The molecule has 6 rings (SSSR count). The van der Waals surface area contributed by atoms with E-state index in [9.17, 15) is 14.0 Å². The van der Waals surface area contributed by atoms with E-state index in [0.29, 0.717) is 58.6 Å². The van der Waals surface area contributed by atoms with Crippen LogP contribution in [0, 0.1) is 5.82 Å². The van der Waals surface area contributed by atoms with Gasteiger partial charge in [-0.3, -0.25) is 9.59 Å². The molecule has 4 aromatic rings. The van der Waals surface area contributed by atoms with Gasteiger partial charge in [0.2, 0.25) is 0 Å². The van der Waals surface area contributed by atoms with Gasteiger partial charge in [0.1, 0.15) is 24.0 Å². The second-order valence-electron chi connectivity index (χ2n) is 9.58. The van der Waals surface area contributed by atoms with Crippen LogP contribution in [0.1, 0.15) is 47.4 Å². The molecule has 2 N–H and O–H groups in total. The minimum absolute atomic E-state index is 0.0428. The van der Waals surface area contributed by atoms with Crippen molar-refractivity contribution in [3.63, 3.8) is 0 Å². The molecule has 1 atom stereocenters. The Morgan fingerprint density at radius 2 is 1.72 bits per heavy atom. The molecular formula is C31H26FN3O3S. The maximum absolute atomic E-state index is 14.1. The van der Waals surface area contributed by atoms with Crippen molar-refractivity contribution >= 4 is 23.4 Å². The SMILES string of the molecule is O=C1CCCC2=C1[C@H](c1ccc(OCc3ccccc3)cc1)c1c(nc(SCc3ccccc3F)[nH]c1=O)N2. The number of Topliss-reactive ketones (excluding diaryl/α,β-unsaturated/α-hetero) is 1. The molecule has 0 amide bonds. The van der Waals surface area contributed by atoms with Gasteiger partial charge in [-0.15, -0.1) is 0 Å². The summed E-state index contributed by atoms with van der Waals surface area (Å²) in [7, 11) is 0. The van der Waals surface area contributed by atoms with Crippen molar-refractivity contribution < 1.29 is 13.9 Å². The highest BCUT2D eigenvalue weighted by atomic mass is 32.2. The van der Waals surface area contributed by atoms with Crippen LogP contribution in [-0.2, 0) is 17.2 Å². The molecule has 1 aliphatic heterocycles. The molecule has 0 fully saturated rings. The van der Waals surface area contributed by atoms with Crippen LogP contribution in [0.5, 0.6) is 5.75 Å². The highest BCUT2D eigenvalue weighted by molar-refractivity contribution is 7.98. The number of hydrogen-bond donors (Lipinski definition) is 2. The summed E-state index contributed by atoms with van der Waals surface area (Å²) in [5.41, 5.74) is 3.97. The van der Waals surface area contributed by atoms with Gasteiger partial charge in [-0.2, -0.15) is 0 Å². The Kier molecular flexibility index (Phi) is 7.02. The number of anilines is 1. The third-order valence-corrected chi connectivity index (χ3v) is 7.94. The summed E-state index contributed by atoms with van der Waals surface area (Å²) in [5.74, 6) is 0.685. The van der Waals surface area contributed by atoms with Crippen molar-refractivity contribution in [2.45, 2.75) is 42.7 Å². The number of hydrogen-bond acceptors (Lipinski definition) is 6. The number of aromatic amines is 1. The van der Waals surface area contributed by atoms with E-state index in [1.165, 1.54) is 17.8 Å². The lowest BCUT2D eigenvalue weighted by molar-refractivity contribution is -0.116. The minimum atomic E-state index is -0.533. The quantitative estimate of drug-likeness (QED) is 0.211. The van der Waals surface area contributed by atoms with Crippen LogP contribution < -0.4 is 15.6 Å². The molecule has 0 saturated carbocycles. The fourth-order valence-corrected chi connectivity index (χ4v) is 5.95. The van der Waals surface area contributed by atoms with Gasteiger partial charge in [-0.1, -0.05) is 72.4 Å². The van der Waals surface area contributed by atoms with Gasteiger partial charge in [0.15, 0.2) is 10.9 Å². The molecule has 0 unspecified atom stereocenters. The molecule has 0 saturated heterocycles. The normalized spacial score (nSPS) is 16.3. The number of ketones is 1. The summed E-state index contributed by atoms with van der Waals surface area (Å²) in [5, 5.41) is 3.68. The number of fused-ring (bicyclic) bond motifs is 1. The number of carbonyl (C=O) groups is 1. The van der Waals surface area contributed by atoms with Gasteiger partial charge in [0.05, 0.1) is 5.56 Å². The zero-order valence-corrected chi connectivity index (χ0v) is 21.9. The number of nitrogens with one attached hydrogen (secondary N) is 2. The molecular weight excluding hydrogens is 513 g/mol. The zero-order valence-electron chi connectivity index (χ0n) is 21.1. The number of allylic oxidation sites excluding steroid dienone is 2. The van der Waals surface area contributed by atoms with Crippen molar-refractivity contribution in [2.75, 3.05) is 5.32 Å². The number of H-pyrrole nitrogens is 1. The van der Waals surface area contributed by atoms with Gasteiger partial charge in [-0.05, 0) is 47.7 Å². The number of nitrogens with zero attached hydrogens (tertiary/aromatic N) is 1. The van der Waals surface area contributed by atoms with Gasteiger partial charge in [0.25, 0.3) is 5.56 Å². The first-order valence-electron chi connectivity index (χ1n) is 12.9. The van der Waals surface area contributed by atoms with Crippen molar-refractivity contribution in [2.24, 2.45) is 0 Å². The predicted octanol–water partition coefficient (Wildman–Crippen LogP) is 6.34. The standard InChI is InChI=1S/C31H26FN3O3S/c32-23-10-5-4-9-21(23)18-39-31-34-29-28(30(37)35-31)26(27-24(33-29)11-6-12-25(27)36)20-13-15-22(16-14-20)38-17-19-7-2-1-3-8-19/h1-5,7-10,13-16,26H,6,11-12,17-18H2,(H2,33,34,35,37)/t26-/m0/s1. The van der Waals surface area contributed by atoms with Crippen LogP contribution in [0.4, 0.5) is 10.2 Å². The molecule has 0 spiro atoms. The lowest BCUT2D eigenvalue weighted by atomic mass is 9.76. The van der Waals surface area contributed by atoms with Crippen LogP contribution in [0.2, 0.25) is 0 Å². The lowest BCUT2D eigenvalue weighted by Crippen LogP contribution is -2.32. The summed E-state index contributed by atoms with van der Waals surface area (Å²) in [6.45, 7) is 0.446. The highest BCUT2D eigenvalue weighted by Gasteiger charge is 2.37. The van der Waals surface area contributed by atoms with Crippen molar-refractivity contribution in [3.8, 4) is 5.75 Å². The van der Waals surface area contributed by atoms with E-state index in [2.05, 4.69) is 10.3 Å². The average molecular weight is 540 g/mol. The molecule has 39 heavy (non-hydrogen) atoms. The molecule has 0 bridgehead atoms. The summed E-state index contributed by atoms with van der Waals surface area (Å²) in [4.78, 5) is 34.2. The summed E-state index contributed by atoms with van der Waals surface area (Å²) in [6, 6.07) is 24.0. The van der Waals surface area contributed by atoms with E-state index in [4.69, 9.17) is 9.72 Å². The molecule has 3 aromatic carbocycles. The highest BCUT2D eigenvalue weighted by Crippen LogP contribution is 2.43. The van der Waals surface area contributed by atoms with E-state index in [1.807, 2.05) is 54.6 Å². The molecule has 1 aromatic heterocycles. The maximum Gasteiger partial charge on any atom is 0.257 e. The second kappa shape index (κ2) is 10.9. The zero-order chi connectivity index (χ0) is 26.8. The van der Waals surface area contributed by atoms with Gasteiger partial charge in [-0.25, -0.2) is 9.37 Å². The summed E-state index contributed by atoms with van der Waals surface area (Å²) < 4.78 is 20.0. The number of aromatic nitrogens is 2. The largest absolute Gasteiger partial charge is 0.489 e. The molecule has 6 nitrogen and oxygen atoms in total. The molecule has 2 aliphatic rings. The van der Waals surface area contributed by atoms with E-state index < -0.39 is 5.92 Å². The Hall–Kier alpha value is -4.17. The van der Waals surface area contributed by atoms with Crippen LogP contribution in [0.15, 0.2) is 100 Å². The van der Waals surface area contributed by atoms with E-state index in [0.717, 1.165) is 23.2 Å². The number of rotatable bonds is 7. The number of carbonyl (C=O) groups excluding carboxylic acids is 1. The Morgan fingerprint density at radius 3 is 2.51 bits per heavy atom. The third-order valence-electron chi connectivity index (χ3n) is 7.02. The third kappa shape index (κ3) is 5.25. The van der Waals surface area contributed by atoms with Crippen LogP contribution >= 0.6 is 11.8 Å². The predicted molar refractivity (Wildman–Crippen MR) is 149 cm³/mol. The molecule has 1 aliphatic carbocycles. The van der Waals surface area contributed by atoms with Gasteiger partial charge < -0.3 is 15.0 Å². The number of halogens is 1. The van der Waals surface area contributed by atoms with Crippen molar-refractivity contribution in [3.05, 3.63) is 129 Å². The Morgan fingerprint density at radius 1 is 0.949 bits per heavy atom. The first-order valence-corrected chi connectivity index (χ1v) is 13.9. The average Bonchev–Trinajstić information content (AvgIpc) is 2.96. The Labute approximate surface area is 229 Å². The summed E-state index contributed by atoms with van der Waals surface area (Å²) >= 11 is 1.26. The Balaban J connectivity index is 1.31. The minimum Gasteiger partial charge on any atom is -0.489 e. The number of benzene rings is 3.